The molecular formula is C27H25ClN2O5S. The number of methoxy groups -OCH3 is 1. The van der Waals surface area contributed by atoms with Crippen molar-refractivity contribution >= 4 is 35.0 Å². The first kappa shape index (κ1) is 25.6. The van der Waals surface area contributed by atoms with Gasteiger partial charge in [0.05, 0.1) is 28.5 Å². The van der Waals surface area contributed by atoms with Crippen LogP contribution in [0.5, 0.6) is 5.75 Å². The molecule has 1 aromatic heterocycles. The first-order valence-corrected chi connectivity index (χ1v) is 12.4. The molecule has 0 aliphatic carbocycles. The van der Waals surface area contributed by atoms with Crippen LogP contribution < -0.4 is 19.6 Å². The number of thiazole rings is 1. The third kappa shape index (κ3) is 5.36. The highest BCUT2D eigenvalue weighted by Crippen LogP contribution is 2.31. The molecule has 2 aromatic carbocycles. The summed E-state index contributed by atoms with van der Waals surface area (Å²) in [6.07, 6.45) is 3.43. The minimum absolute atomic E-state index is 0.0887. The van der Waals surface area contributed by atoms with Crippen LogP contribution in [0.25, 0.3) is 6.08 Å². The number of hydrogen-bond donors (Lipinski definition) is 0. The smallest absolute Gasteiger partial charge is 0.338 e. The molecule has 0 N–H and O–H groups in total. The highest BCUT2D eigenvalue weighted by molar-refractivity contribution is 7.07. The third-order valence-corrected chi connectivity index (χ3v) is 6.75. The Morgan fingerprint density at radius 3 is 2.67 bits per heavy atom. The van der Waals surface area contributed by atoms with Gasteiger partial charge in [-0.3, -0.25) is 9.36 Å². The lowest BCUT2D eigenvalue weighted by atomic mass is 9.96. The molecule has 0 radical (unpaired) electrons. The standard InChI is InChI=1S/C27H25ClN2O5S/c1-4-13-34-21-8-6-5-7-19(21)16-22-25(31)30-24(18-9-11-20(28)12-10-18)23(17(2)29-27(30)36-22)26(32)35-15-14-33-3/h4-12,16,24H,1,13-15H2,2-3H3. The second-order valence-electron chi connectivity index (χ2n) is 7.90. The summed E-state index contributed by atoms with van der Waals surface area (Å²) in [5.74, 6) is 0.0850. The van der Waals surface area contributed by atoms with Crippen molar-refractivity contribution in [2.75, 3.05) is 26.9 Å². The fraction of sp³-hybridized carbons (Fsp3) is 0.222. The maximum Gasteiger partial charge on any atom is 0.338 e. The number of nitrogens with zero attached hydrogens (tertiary/aromatic N) is 2. The number of para-hydroxylation sites is 1. The number of esters is 1. The van der Waals surface area contributed by atoms with Gasteiger partial charge in [-0.15, -0.1) is 0 Å². The Hall–Kier alpha value is -3.46. The summed E-state index contributed by atoms with van der Waals surface area (Å²) in [7, 11) is 1.53. The van der Waals surface area contributed by atoms with Crippen LogP contribution in [0.2, 0.25) is 5.02 Å². The second-order valence-corrected chi connectivity index (χ2v) is 9.35. The summed E-state index contributed by atoms with van der Waals surface area (Å²) < 4.78 is 18.2. The van der Waals surface area contributed by atoms with Gasteiger partial charge in [-0.1, -0.05) is 65.9 Å². The van der Waals surface area contributed by atoms with Gasteiger partial charge in [-0.2, -0.15) is 0 Å². The zero-order chi connectivity index (χ0) is 25.7. The van der Waals surface area contributed by atoms with Gasteiger partial charge in [0.25, 0.3) is 5.56 Å². The summed E-state index contributed by atoms with van der Waals surface area (Å²) >= 11 is 7.36. The Morgan fingerprint density at radius 1 is 1.19 bits per heavy atom. The number of benzene rings is 2. The summed E-state index contributed by atoms with van der Waals surface area (Å²) in [6, 6.07) is 13.8. The Labute approximate surface area is 217 Å². The van der Waals surface area contributed by atoms with Gasteiger partial charge in [0.15, 0.2) is 4.80 Å². The molecule has 0 bridgehead atoms. The first-order chi connectivity index (χ1) is 17.4. The van der Waals surface area contributed by atoms with E-state index < -0.39 is 12.0 Å². The van der Waals surface area contributed by atoms with Crippen LogP contribution in [0.1, 0.15) is 24.1 Å². The number of carbonyl (C=O) groups is 1. The van der Waals surface area contributed by atoms with Gasteiger partial charge >= 0.3 is 5.97 Å². The normalized spacial score (nSPS) is 15.3. The van der Waals surface area contributed by atoms with E-state index in [1.165, 1.54) is 23.0 Å². The zero-order valence-electron chi connectivity index (χ0n) is 19.9. The molecule has 186 valence electrons. The highest BCUT2D eigenvalue weighted by Gasteiger charge is 2.33. The number of carbonyl (C=O) groups excluding carboxylic acids is 1. The monoisotopic (exact) mass is 524 g/mol. The predicted octanol–water partition coefficient (Wildman–Crippen LogP) is 3.64. The lowest BCUT2D eigenvalue weighted by Crippen LogP contribution is -2.40. The Bertz CT molecular complexity index is 1490. The second kappa shape index (κ2) is 11.5. The Balaban J connectivity index is 1.87. The third-order valence-electron chi connectivity index (χ3n) is 5.51. The lowest BCUT2D eigenvalue weighted by molar-refractivity contribution is -0.140. The summed E-state index contributed by atoms with van der Waals surface area (Å²) in [6.45, 7) is 6.12. The lowest BCUT2D eigenvalue weighted by Gasteiger charge is -2.24. The molecule has 1 aliphatic rings. The number of ether oxygens (including phenoxy) is 3. The minimum atomic E-state index is -0.719. The molecule has 7 nitrogen and oxygen atoms in total. The molecular weight excluding hydrogens is 500 g/mol. The van der Waals surface area contributed by atoms with E-state index in [1.54, 1.807) is 43.3 Å². The number of fused-ring (bicyclic) bond motifs is 1. The summed E-state index contributed by atoms with van der Waals surface area (Å²) in [5.41, 5.74) is 1.98. The van der Waals surface area contributed by atoms with Gasteiger partial charge in [0.2, 0.25) is 0 Å². The van der Waals surface area contributed by atoms with E-state index in [4.69, 9.17) is 25.8 Å². The van der Waals surface area contributed by atoms with E-state index >= 15 is 0 Å². The van der Waals surface area contributed by atoms with Crippen LogP contribution >= 0.6 is 22.9 Å². The summed E-state index contributed by atoms with van der Waals surface area (Å²) in [4.78, 5) is 32.0. The van der Waals surface area contributed by atoms with E-state index in [0.717, 1.165) is 11.1 Å². The molecule has 1 atom stereocenters. The minimum Gasteiger partial charge on any atom is -0.489 e. The molecule has 0 saturated carbocycles. The quantitative estimate of drug-likeness (QED) is 0.242. The molecule has 36 heavy (non-hydrogen) atoms. The van der Waals surface area contributed by atoms with E-state index in [1.807, 2.05) is 24.3 Å². The molecule has 4 rings (SSSR count). The van der Waals surface area contributed by atoms with Gasteiger partial charge in [-0.05, 0) is 36.8 Å². The van der Waals surface area contributed by atoms with Crippen LogP contribution in [0.15, 0.2) is 82.2 Å². The van der Waals surface area contributed by atoms with Crippen molar-refractivity contribution in [3.05, 3.63) is 108 Å². The first-order valence-electron chi connectivity index (χ1n) is 11.2. The van der Waals surface area contributed by atoms with Gasteiger partial charge in [-0.25, -0.2) is 9.79 Å². The van der Waals surface area contributed by atoms with Gasteiger partial charge in [0.1, 0.15) is 19.0 Å². The van der Waals surface area contributed by atoms with Crippen LogP contribution in [0.3, 0.4) is 0 Å². The fourth-order valence-electron chi connectivity index (χ4n) is 3.86. The van der Waals surface area contributed by atoms with Gasteiger partial charge < -0.3 is 14.2 Å². The predicted molar refractivity (Wildman–Crippen MR) is 140 cm³/mol. The molecule has 1 unspecified atom stereocenters. The summed E-state index contributed by atoms with van der Waals surface area (Å²) in [5, 5.41) is 0.548. The topological polar surface area (TPSA) is 79.1 Å². The largest absolute Gasteiger partial charge is 0.489 e. The fourth-order valence-corrected chi connectivity index (χ4v) is 5.02. The molecule has 0 amide bonds. The SMILES string of the molecule is C=CCOc1ccccc1C=c1sc2n(c1=O)C(c1ccc(Cl)cc1)C(C(=O)OCCOC)=C(C)N=2. The van der Waals surface area contributed by atoms with Crippen molar-refractivity contribution in [3.63, 3.8) is 0 Å². The Morgan fingerprint density at radius 2 is 1.94 bits per heavy atom. The molecule has 0 saturated heterocycles. The van der Waals surface area contributed by atoms with E-state index in [-0.39, 0.29) is 18.8 Å². The van der Waals surface area contributed by atoms with Crippen molar-refractivity contribution in [2.24, 2.45) is 4.99 Å². The van der Waals surface area contributed by atoms with Crippen molar-refractivity contribution in [1.82, 2.24) is 4.57 Å². The van der Waals surface area contributed by atoms with Crippen molar-refractivity contribution in [2.45, 2.75) is 13.0 Å². The number of allylic oxidation sites excluding steroid dienone is 1. The van der Waals surface area contributed by atoms with Crippen LogP contribution in [0.4, 0.5) is 0 Å². The average Bonchev–Trinajstić information content (AvgIpc) is 3.17. The highest BCUT2D eigenvalue weighted by atomic mass is 35.5. The number of hydrogen-bond acceptors (Lipinski definition) is 7. The molecule has 2 heterocycles. The van der Waals surface area contributed by atoms with Crippen LogP contribution in [-0.2, 0) is 14.3 Å². The van der Waals surface area contributed by atoms with Crippen molar-refractivity contribution in [3.8, 4) is 5.75 Å². The molecule has 0 fully saturated rings. The van der Waals surface area contributed by atoms with E-state index in [2.05, 4.69) is 11.6 Å². The maximum atomic E-state index is 13.7. The molecule has 3 aromatic rings. The number of rotatable bonds is 9. The zero-order valence-corrected chi connectivity index (χ0v) is 21.5. The van der Waals surface area contributed by atoms with Crippen molar-refractivity contribution in [1.29, 1.82) is 0 Å². The van der Waals surface area contributed by atoms with Crippen LogP contribution in [0, 0.1) is 0 Å². The maximum absolute atomic E-state index is 13.7. The molecule has 1 aliphatic heterocycles. The van der Waals surface area contributed by atoms with Gasteiger partial charge in [0, 0.05) is 17.7 Å². The Kier molecular flexibility index (Phi) is 8.20. The number of halogens is 1. The van der Waals surface area contributed by atoms with E-state index in [9.17, 15) is 9.59 Å². The van der Waals surface area contributed by atoms with Crippen molar-refractivity contribution < 1.29 is 19.0 Å². The van der Waals surface area contributed by atoms with E-state index in [0.29, 0.717) is 38.0 Å². The van der Waals surface area contributed by atoms with Crippen LogP contribution in [-0.4, -0.2) is 37.5 Å². The molecule has 0 spiro atoms. The average molecular weight is 525 g/mol. The number of aromatic nitrogens is 1. The molecule has 9 heteroatoms.